The first kappa shape index (κ1) is 10.3. The molecule has 1 aromatic heterocycles. The van der Waals surface area contributed by atoms with E-state index in [9.17, 15) is 0 Å². The highest BCUT2D eigenvalue weighted by Gasteiger charge is 2.26. The third kappa shape index (κ3) is 1.87. The number of H-pyrrole nitrogens is 1. The molecule has 0 saturated heterocycles. The summed E-state index contributed by atoms with van der Waals surface area (Å²) >= 11 is 0. The molecule has 1 fully saturated rings. The van der Waals surface area contributed by atoms with Crippen molar-refractivity contribution in [1.82, 2.24) is 20.2 Å². The van der Waals surface area contributed by atoms with Crippen molar-refractivity contribution in [1.29, 1.82) is 0 Å². The van der Waals surface area contributed by atoms with E-state index in [-0.39, 0.29) is 0 Å². The number of rotatable bonds is 3. The summed E-state index contributed by atoms with van der Waals surface area (Å²) in [5.74, 6) is 0. The molecule has 0 spiro atoms. The molecule has 1 saturated carbocycles. The molecule has 3 rings (SSSR count). The third-order valence-electron chi connectivity index (χ3n) is 4.02. The Morgan fingerprint density at radius 3 is 3.12 bits per heavy atom. The van der Waals surface area contributed by atoms with Crippen LogP contribution < -0.4 is 5.32 Å². The van der Waals surface area contributed by atoms with Gasteiger partial charge in [-0.15, -0.1) is 0 Å². The van der Waals surface area contributed by atoms with Crippen LogP contribution in [0, 0.1) is 0 Å². The van der Waals surface area contributed by atoms with E-state index in [1.54, 1.807) is 0 Å². The third-order valence-corrected chi connectivity index (χ3v) is 4.02. The number of nitrogens with one attached hydrogen (secondary N) is 2. The van der Waals surface area contributed by atoms with Gasteiger partial charge in [-0.1, -0.05) is 6.42 Å². The fraction of sp³-hybridized carbons (Fsp3) is 0.750. The average Bonchev–Trinajstić information content (AvgIpc) is 2.61. The Balaban J connectivity index is 1.57. The van der Waals surface area contributed by atoms with Gasteiger partial charge in [0, 0.05) is 31.6 Å². The molecule has 0 amide bonds. The number of aromatic amines is 1. The molecule has 0 bridgehead atoms. The SMILES string of the molecule is CN(CC1Cc2nc[nH]c2CN1)C1CCC1. The van der Waals surface area contributed by atoms with Gasteiger partial charge < -0.3 is 15.2 Å². The van der Waals surface area contributed by atoms with E-state index in [1.165, 1.54) is 30.7 Å². The van der Waals surface area contributed by atoms with E-state index >= 15 is 0 Å². The van der Waals surface area contributed by atoms with Gasteiger partial charge in [0.2, 0.25) is 0 Å². The Kier molecular flexibility index (Phi) is 2.69. The summed E-state index contributed by atoms with van der Waals surface area (Å²) in [6.07, 6.45) is 7.06. The quantitative estimate of drug-likeness (QED) is 0.795. The van der Waals surface area contributed by atoms with Crippen LogP contribution >= 0.6 is 0 Å². The first-order valence-corrected chi connectivity index (χ1v) is 6.27. The number of hydrogen-bond donors (Lipinski definition) is 2. The molecule has 0 aromatic carbocycles. The lowest BCUT2D eigenvalue weighted by Gasteiger charge is -2.37. The number of fused-ring (bicyclic) bond motifs is 1. The Morgan fingerprint density at radius 2 is 2.38 bits per heavy atom. The summed E-state index contributed by atoms with van der Waals surface area (Å²) in [7, 11) is 2.26. The highest BCUT2D eigenvalue weighted by atomic mass is 15.2. The first-order valence-electron chi connectivity index (χ1n) is 6.27. The fourth-order valence-corrected chi connectivity index (χ4v) is 2.68. The molecule has 2 aliphatic rings. The van der Waals surface area contributed by atoms with Gasteiger partial charge in [-0.3, -0.25) is 0 Å². The molecule has 4 heteroatoms. The van der Waals surface area contributed by atoms with Crippen molar-refractivity contribution in [3.63, 3.8) is 0 Å². The maximum absolute atomic E-state index is 4.38. The average molecular weight is 220 g/mol. The molecule has 4 nitrogen and oxygen atoms in total. The normalized spacial score (nSPS) is 25.5. The molecule has 1 aromatic rings. The minimum absolute atomic E-state index is 0.571. The number of nitrogens with zero attached hydrogens (tertiary/aromatic N) is 2. The second kappa shape index (κ2) is 4.18. The first-order chi connectivity index (χ1) is 7.83. The lowest BCUT2D eigenvalue weighted by molar-refractivity contribution is 0.143. The van der Waals surface area contributed by atoms with Gasteiger partial charge in [-0.25, -0.2) is 4.98 Å². The lowest BCUT2D eigenvalue weighted by atomic mass is 9.91. The van der Waals surface area contributed by atoms with Gasteiger partial charge in [0.05, 0.1) is 17.7 Å². The molecule has 1 aliphatic carbocycles. The highest BCUT2D eigenvalue weighted by Crippen LogP contribution is 2.24. The van der Waals surface area contributed by atoms with E-state index in [0.29, 0.717) is 6.04 Å². The Labute approximate surface area is 96.4 Å². The topological polar surface area (TPSA) is 44.0 Å². The van der Waals surface area contributed by atoms with Gasteiger partial charge in [0.1, 0.15) is 0 Å². The van der Waals surface area contributed by atoms with E-state index in [1.807, 2.05) is 6.33 Å². The van der Waals surface area contributed by atoms with Crippen LogP contribution in [0.5, 0.6) is 0 Å². The van der Waals surface area contributed by atoms with Crippen molar-refractivity contribution in [2.75, 3.05) is 13.6 Å². The largest absolute Gasteiger partial charge is 0.347 e. The second-order valence-electron chi connectivity index (χ2n) is 5.13. The number of likely N-dealkylation sites (N-methyl/N-ethyl adjacent to an activating group) is 1. The summed E-state index contributed by atoms with van der Waals surface area (Å²) in [5.41, 5.74) is 2.52. The summed E-state index contributed by atoms with van der Waals surface area (Å²) < 4.78 is 0. The van der Waals surface area contributed by atoms with Crippen molar-refractivity contribution >= 4 is 0 Å². The smallest absolute Gasteiger partial charge is 0.0925 e. The molecule has 1 unspecified atom stereocenters. The number of imidazole rings is 1. The van der Waals surface area contributed by atoms with Crippen LogP contribution in [-0.2, 0) is 13.0 Å². The van der Waals surface area contributed by atoms with Crippen molar-refractivity contribution in [2.24, 2.45) is 0 Å². The van der Waals surface area contributed by atoms with Crippen molar-refractivity contribution in [3.8, 4) is 0 Å². The minimum atomic E-state index is 0.571. The molecule has 1 atom stereocenters. The maximum atomic E-state index is 4.38. The summed E-state index contributed by atoms with van der Waals surface area (Å²) in [6, 6.07) is 1.41. The van der Waals surface area contributed by atoms with Crippen LogP contribution in [-0.4, -0.2) is 40.5 Å². The van der Waals surface area contributed by atoms with Crippen molar-refractivity contribution in [2.45, 2.75) is 44.3 Å². The van der Waals surface area contributed by atoms with E-state index in [0.717, 1.165) is 25.6 Å². The summed E-state index contributed by atoms with van der Waals surface area (Å²) in [4.78, 5) is 10.1. The lowest BCUT2D eigenvalue weighted by Crippen LogP contribution is -2.48. The molecule has 2 heterocycles. The van der Waals surface area contributed by atoms with E-state index in [2.05, 4.69) is 27.2 Å². The molecule has 0 radical (unpaired) electrons. The number of aromatic nitrogens is 2. The molecular formula is C12H20N4. The monoisotopic (exact) mass is 220 g/mol. The minimum Gasteiger partial charge on any atom is -0.347 e. The van der Waals surface area contributed by atoms with Crippen molar-refractivity contribution < 1.29 is 0 Å². The van der Waals surface area contributed by atoms with Crippen LogP contribution in [0.25, 0.3) is 0 Å². The van der Waals surface area contributed by atoms with Crippen LogP contribution in [0.2, 0.25) is 0 Å². The Morgan fingerprint density at radius 1 is 1.50 bits per heavy atom. The highest BCUT2D eigenvalue weighted by molar-refractivity contribution is 5.16. The zero-order valence-corrected chi connectivity index (χ0v) is 9.87. The zero-order valence-electron chi connectivity index (χ0n) is 9.87. The molecule has 16 heavy (non-hydrogen) atoms. The zero-order chi connectivity index (χ0) is 11.0. The summed E-state index contributed by atoms with van der Waals surface area (Å²) in [6.45, 7) is 2.09. The fourth-order valence-electron chi connectivity index (χ4n) is 2.68. The van der Waals surface area contributed by atoms with Crippen LogP contribution in [0.1, 0.15) is 30.7 Å². The van der Waals surface area contributed by atoms with E-state index in [4.69, 9.17) is 0 Å². The molecule has 88 valence electrons. The molecule has 1 aliphatic heterocycles. The van der Waals surface area contributed by atoms with Gasteiger partial charge >= 0.3 is 0 Å². The van der Waals surface area contributed by atoms with Gasteiger partial charge in [-0.05, 0) is 19.9 Å². The Hall–Kier alpha value is -0.870. The second-order valence-corrected chi connectivity index (χ2v) is 5.13. The van der Waals surface area contributed by atoms with Gasteiger partial charge in [0.25, 0.3) is 0 Å². The van der Waals surface area contributed by atoms with Gasteiger partial charge in [0.15, 0.2) is 0 Å². The standard InChI is InChI=1S/C12H20N4/c1-16(10-3-2-4-10)7-9-5-11-12(6-13-9)15-8-14-11/h8-10,13H,2-7H2,1H3,(H,14,15). The molecule has 2 N–H and O–H groups in total. The predicted octanol–water partition coefficient (Wildman–Crippen LogP) is 0.908. The van der Waals surface area contributed by atoms with Crippen LogP contribution in [0.15, 0.2) is 6.33 Å². The summed E-state index contributed by atoms with van der Waals surface area (Å²) in [5, 5.41) is 3.58. The van der Waals surface area contributed by atoms with Crippen molar-refractivity contribution in [3.05, 3.63) is 17.7 Å². The van der Waals surface area contributed by atoms with Crippen LogP contribution in [0.4, 0.5) is 0 Å². The number of hydrogen-bond acceptors (Lipinski definition) is 3. The Bertz CT molecular complexity index is 356. The predicted molar refractivity (Wildman–Crippen MR) is 63.2 cm³/mol. The van der Waals surface area contributed by atoms with E-state index < -0.39 is 0 Å². The maximum Gasteiger partial charge on any atom is 0.0925 e. The van der Waals surface area contributed by atoms with Gasteiger partial charge in [-0.2, -0.15) is 0 Å². The van der Waals surface area contributed by atoms with Crippen LogP contribution in [0.3, 0.4) is 0 Å². The molecular weight excluding hydrogens is 200 g/mol.